The van der Waals surface area contributed by atoms with E-state index in [-0.39, 0.29) is 10.7 Å². The van der Waals surface area contributed by atoms with Gasteiger partial charge in [0.1, 0.15) is 17.9 Å². The highest BCUT2D eigenvalue weighted by Gasteiger charge is 2.30. The summed E-state index contributed by atoms with van der Waals surface area (Å²) >= 11 is 8.35. The van der Waals surface area contributed by atoms with E-state index in [0.717, 1.165) is 10.0 Å². The summed E-state index contributed by atoms with van der Waals surface area (Å²) in [6.07, 6.45) is 1.52. The number of nitrogens with zero attached hydrogens (tertiary/aromatic N) is 1. The zero-order valence-corrected chi connectivity index (χ0v) is 16.3. The highest BCUT2D eigenvalue weighted by Crippen LogP contribution is 2.24. The number of likely N-dealkylation sites (N-methyl/N-ethyl adjacent to an activating group) is 1. The second-order valence-electron chi connectivity index (χ2n) is 5.63. The summed E-state index contributed by atoms with van der Waals surface area (Å²) in [5.41, 5.74) is 1.66. The first kappa shape index (κ1) is 18.3. The summed E-state index contributed by atoms with van der Waals surface area (Å²) in [7, 11) is 1.52. The average Bonchev–Trinajstić information content (AvgIpc) is 2.64. The molecule has 0 spiro atoms. The minimum Gasteiger partial charge on any atom is -0.488 e. The van der Waals surface area contributed by atoms with E-state index in [1.54, 1.807) is 12.1 Å². The highest BCUT2D eigenvalue weighted by atomic mass is 79.9. The number of para-hydroxylation sites is 1. The number of thiocarbonyl (C=S) groups is 1. The van der Waals surface area contributed by atoms with Gasteiger partial charge in [-0.05, 0) is 42.1 Å². The molecule has 0 saturated carbocycles. The minimum absolute atomic E-state index is 0.0146. The molecule has 0 bridgehead atoms. The van der Waals surface area contributed by atoms with Crippen molar-refractivity contribution in [2.75, 3.05) is 7.05 Å². The van der Waals surface area contributed by atoms with Crippen LogP contribution in [0.2, 0.25) is 0 Å². The van der Waals surface area contributed by atoms with Crippen molar-refractivity contribution < 1.29 is 14.3 Å². The molecule has 2 aromatic carbocycles. The monoisotopic (exact) mass is 430 g/mol. The molecule has 0 aliphatic carbocycles. The first-order valence-electron chi connectivity index (χ1n) is 7.77. The number of ether oxygens (including phenoxy) is 1. The molecule has 1 aliphatic heterocycles. The molecule has 132 valence electrons. The Hall–Kier alpha value is -2.51. The standard InChI is InChI=1S/C19H15BrN2O3S/c1-22-18(24)15(17(23)21-19(22)26)10-13-4-2-3-5-16(13)25-11-12-6-8-14(20)9-7-12/h2-10H,11H2,1H3,(H,21,23,26)/b15-10+. The van der Waals surface area contributed by atoms with Gasteiger partial charge in [-0.1, -0.05) is 46.3 Å². The molecule has 1 heterocycles. The molecule has 2 amide bonds. The highest BCUT2D eigenvalue weighted by molar-refractivity contribution is 9.10. The summed E-state index contributed by atoms with van der Waals surface area (Å²) in [6, 6.07) is 15.0. The molecule has 7 heteroatoms. The predicted molar refractivity (Wildman–Crippen MR) is 106 cm³/mol. The van der Waals surface area contributed by atoms with E-state index in [1.807, 2.05) is 36.4 Å². The Morgan fingerprint density at radius 2 is 1.85 bits per heavy atom. The van der Waals surface area contributed by atoms with Gasteiger partial charge in [0.15, 0.2) is 5.11 Å². The lowest BCUT2D eigenvalue weighted by Crippen LogP contribution is -2.52. The molecule has 3 rings (SSSR count). The molecule has 0 atom stereocenters. The van der Waals surface area contributed by atoms with Gasteiger partial charge in [-0.2, -0.15) is 0 Å². The van der Waals surface area contributed by atoms with E-state index in [1.165, 1.54) is 18.0 Å². The van der Waals surface area contributed by atoms with Crippen LogP contribution in [0.1, 0.15) is 11.1 Å². The molecule has 26 heavy (non-hydrogen) atoms. The van der Waals surface area contributed by atoms with E-state index < -0.39 is 11.8 Å². The van der Waals surface area contributed by atoms with Crippen molar-refractivity contribution >= 4 is 51.2 Å². The summed E-state index contributed by atoms with van der Waals surface area (Å²) in [4.78, 5) is 25.7. The van der Waals surface area contributed by atoms with E-state index in [4.69, 9.17) is 17.0 Å². The quantitative estimate of drug-likeness (QED) is 0.459. The van der Waals surface area contributed by atoms with Crippen LogP contribution in [-0.2, 0) is 16.2 Å². The number of carbonyl (C=O) groups excluding carboxylic acids is 2. The van der Waals surface area contributed by atoms with Crippen LogP contribution in [0.4, 0.5) is 0 Å². The van der Waals surface area contributed by atoms with E-state index in [9.17, 15) is 9.59 Å². The summed E-state index contributed by atoms with van der Waals surface area (Å²) in [5.74, 6) is -0.374. The van der Waals surface area contributed by atoms with Gasteiger partial charge in [0, 0.05) is 17.1 Å². The van der Waals surface area contributed by atoms with Crippen molar-refractivity contribution in [1.29, 1.82) is 0 Å². The number of hydrogen-bond acceptors (Lipinski definition) is 4. The van der Waals surface area contributed by atoms with Gasteiger partial charge in [-0.3, -0.25) is 19.8 Å². The topological polar surface area (TPSA) is 58.6 Å². The van der Waals surface area contributed by atoms with E-state index >= 15 is 0 Å². The number of amides is 2. The molecule has 2 aromatic rings. The maximum absolute atomic E-state index is 12.3. The van der Waals surface area contributed by atoms with Crippen LogP contribution < -0.4 is 10.1 Å². The van der Waals surface area contributed by atoms with Gasteiger partial charge in [-0.15, -0.1) is 0 Å². The second kappa shape index (κ2) is 7.80. The molecule has 1 saturated heterocycles. The number of benzene rings is 2. The molecule has 5 nitrogen and oxygen atoms in total. The number of carbonyl (C=O) groups is 2. The van der Waals surface area contributed by atoms with Gasteiger partial charge >= 0.3 is 0 Å². The van der Waals surface area contributed by atoms with Crippen LogP contribution in [-0.4, -0.2) is 28.9 Å². The summed E-state index contributed by atoms with van der Waals surface area (Å²) in [6.45, 7) is 0.373. The molecule has 0 radical (unpaired) electrons. The Bertz CT molecular complexity index is 909. The third-order valence-corrected chi connectivity index (χ3v) is 4.74. The van der Waals surface area contributed by atoms with Crippen LogP contribution in [0, 0.1) is 0 Å². The van der Waals surface area contributed by atoms with Crippen molar-refractivity contribution in [2.45, 2.75) is 6.61 Å². The smallest absolute Gasteiger partial charge is 0.265 e. The van der Waals surface area contributed by atoms with Crippen molar-refractivity contribution in [3.8, 4) is 5.75 Å². The first-order valence-corrected chi connectivity index (χ1v) is 8.97. The predicted octanol–water partition coefficient (Wildman–Crippen LogP) is 3.28. The van der Waals surface area contributed by atoms with E-state index in [2.05, 4.69) is 21.2 Å². The molecular formula is C19H15BrN2O3S. The molecule has 0 unspecified atom stereocenters. The molecular weight excluding hydrogens is 416 g/mol. The number of rotatable bonds is 4. The minimum atomic E-state index is -0.513. The lowest BCUT2D eigenvalue weighted by molar-refractivity contribution is -0.128. The van der Waals surface area contributed by atoms with Gasteiger partial charge in [-0.25, -0.2) is 0 Å². The third kappa shape index (κ3) is 4.00. The fourth-order valence-corrected chi connectivity index (χ4v) is 2.81. The maximum Gasteiger partial charge on any atom is 0.265 e. The number of nitrogens with one attached hydrogen (secondary N) is 1. The third-order valence-electron chi connectivity index (χ3n) is 3.83. The van der Waals surface area contributed by atoms with Crippen LogP contribution in [0.15, 0.2) is 58.6 Å². The Labute approximate surface area is 164 Å². The molecule has 0 aromatic heterocycles. The van der Waals surface area contributed by atoms with E-state index in [0.29, 0.717) is 17.9 Å². The normalized spacial score (nSPS) is 16.0. The first-order chi connectivity index (χ1) is 12.5. The Balaban J connectivity index is 1.85. The lowest BCUT2D eigenvalue weighted by atomic mass is 10.1. The largest absolute Gasteiger partial charge is 0.488 e. The summed E-state index contributed by atoms with van der Waals surface area (Å²) in [5, 5.41) is 2.59. The zero-order valence-electron chi connectivity index (χ0n) is 13.9. The average molecular weight is 431 g/mol. The van der Waals surface area contributed by atoms with Gasteiger partial charge in [0.05, 0.1) is 0 Å². The van der Waals surface area contributed by atoms with Crippen molar-refractivity contribution in [3.63, 3.8) is 0 Å². The van der Waals surface area contributed by atoms with Crippen LogP contribution in [0.25, 0.3) is 6.08 Å². The Morgan fingerprint density at radius 3 is 2.58 bits per heavy atom. The fraction of sp³-hybridized carbons (Fsp3) is 0.105. The summed E-state index contributed by atoms with van der Waals surface area (Å²) < 4.78 is 6.88. The van der Waals surface area contributed by atoms with Crippen molar-refractivity contribution in [1.82, 2.24) is 10.2 Å². The SMILES string of the molecule is CN1C(=O)/C(=C/c2ccccc2OCc2ccc(Br)cc2)C(=O)NC1=S. The van der Waals surface area contributed by atoms with Gasteiger partial charge in [0.25, 0.3) is 11.8 Å². The van der Waals surface area contributed by atoms with Crippen LogP contribution >= 0.6 is 28.1 Å². The number of hydrogen-bond donors (Lipinski definition) is 1. The molecule has 1 aliphatic rings. The Kier molecular flexibility index (Phi) is 5.49. The zero-order chi connectivity index (χ0) is 18.7. The second-order valence-corrected chi connectivity index (χ2v) is 6.94. The lowest BCUT2D eigenvalue weighted by Gasteiger charge is -2.25. The Morgan fingerprint density at radius 1 is 1.15 bits per heavy atom. The van der Waals surface area contributed by atoms with Gasteiger partial charge < -0.3 is 4.74 Å². The number of halogens is 1. The van der Waals surface area contributed by atoms with Crippen LogP contribution in [0.3, 0.4) is 0 Å². The van der Waals surface area contributed by atoms with Crippen molar-refractivity contribution in [3.05, 3.63) is 69.7 Å². The van der Waals surface area contributed by atoms with Gasteiger partial charge in [0.2, 0.25) is 0 Å². The fourth-order valence-electron chi connectivity index (χ4n) is 2.37. The molecule has 1 fully saturated rings. The van der Waals surface area contributed by atoms with Crippen molar-refractivity contribution in [2.24, 2.45) is 0 Å². The maximum atomic E-state index is 12.3. The van der Waals surface area contributed by atoms with Crippen LogP contribution in [0.5, 0.6) is 5.75 Å². The molecule has 1 N–H and O–H groups in total.